The molecule has 1 aliphatic rings. The molecule has 1 saturated carbocycles. The second-order valence-electron chi connectivity index (χ2n) is 2.68. The highest BCUT2D eigenvalue weighted by Gasteiger charge is 2.16. The maximum atomic E-state index is 5.63. The van der Waals surface area contributed by atoms with Crippen LogP contribution in [-0.4, -0.2) is 6.04 Å². The molecule has 0 amide bonds. The summed E-state index contributed by atoms with van der Waals surface area (Å²) in [6.07, 6.45) is 3.85. The van der Waals surface area contributed by atoms with Crippen molar-refractivity contribution in [3.63, 3.8) is 0 Å². The predicted molar refractivity (Wildman–Crippen MR) is 31.0 cm³/mol. The fourth-order valence-corrected chi connectivity index (χ4v) is 1.25. The quantitative estimate of drug-likeness (QED) is 0.484. The summed E-state index contributed by atoms with van der Waals surface area (Å²) in [4.78, 5) is 0. The number of nitrogens with two attached hydrogens (primary N) is 1. The highest BCUT2D eigenvalue weighted by atomic mass is 14.6. The van der Waals surface area contributed by atoms with Gasteiger partial charge in [0.1, 0.15) is 0 Å². The Morgan fingerprint density at radius 2 is 2.14 bits per heavy atom. The van der Waals surface area contributed by atoms with Crippen LogP contribution >= 0.6 is 0 Å². The standard InChI is InChI=1S/C6H13N/c1-5-2-3-6(7)4-5/h5-6H,2-4,7H2,1H3/t5-,6+/m0/s1. The Kier molecular flexibility index (Phi) is 1.33. The van der Waals surface area contributed by atoms with E-state index in [4.69, 9.17) is 5.73 Å². The molecule has 0 unspecified atom stereocenters. The Morgan fingerprint density at radius 3 is 2.29 bits per heavy atom. The van der Waals surface area contributed by atoms with Gasteiger partial charge in [-0.1, -0.05) is 6.92 Å². The summed E-state index contributed by atoms with van der Waals surface area (Å²) in [5.41, 5.74) is 5.63. The van der Waals surface area contributed by atoms with Gasteiger partial charge >= 0.3 is 0 Å². The second kappa shape index (κ2) is 1.83. The summed E-state index contributed by atoms with van der Waals surface area (Å²) in [7, 11) is 0. The van der Waals surface area contributed by atoms with Gasteiger partial charge in [-0.15, -0.1) is 0 Å². The molecule has 0 aromatic carbocycles. The van der Waals surface area contributed by atoms with E-state index in [0.717, 1.165) is 5.92 Å². The smallest absolute Gasteiger partial charge is 0.00414 e. The third kappa shape index (κ3) is 1.16. The van der Waals surface area contributed by atoms with Crippen LogP contribution in [0.4, 0.5) is 0 Å². The van der Waals surface area contributed by atoms with Crippen molar-refractivity contribution in [2.24, 2.45) is 11.7 Å². The van der Waals surface area contributed by atoms with Crippen molar-refractivity contribution in [3.8, 4) is 0 Å². The average molecular weight is 99.2 g/mol. The summed E-state index contributed by atoms with van der Waals surface area (Å²) >= 11 is 0. The molecule has 0 radical (unpaired) electrons. The lowest BCUT2D eigenvalue weighted by Gasteiger charge is -1.97. The Bertz CT molecular complexity index is 53.2. The maximum Gasteiger partial charge on any atom is 0.00414 e. The molecule has 2 atom stereocenters. The van der Waals surface area contributed by atoms with Crippen LogP contribution < -0.4 is 5.73 Å². The predicted octanol–water partition coefficient (Wildman–Crippen LogP) is 1.13. The van der Waals surface area contributed by atoms with Gasteiger partial charge in [-0.05, 0) is 25.2 Å². The third-order valence-electron chi connectivity index (χ3n) is 1.74. The zero-order valence-corrected chi connectivity index (χ0v) is 4.85. The lowest BCUT2D eigenvalue weighted by atomic mass is 10.1. The van der Waals surface area contributed by atoms with Crippen molar-refractivity contribution in [3.05, 3.63) is 0 Å². The summed E-state index contributed by atoms with van der Waals surface area (Å²) < 4.78 is 0. The van der Waals surface area contributed by atoms with Gasteiger partial charge in [-0.2, -0.15) is 0 Å². The zero-order valence-electron chi connectivity index (χ0n) is 4.85. The largest absolute Gasteiger partial charge is 0.328 e. The Balaban J connectivity index is 2.26. The van der Waals surface area contributed by atoms with Gasteiger partial charge in [-0.3, -0.25) is 0 Å². The number of hydrogen-bond donors (Lipinski definition) is 1. The average Bonchev–Trinajstić information content (AvgIpc) is 1.87. The molecule has 1 heteroatoms. The summed E-state index contributed by atoms with van der Waals surface area (Å²) in [5.74, 6) is 0.898. The molecule has 0 spiro atoms. The van der Waals surface area contributed by atoms with E-state index in [0.29, 0.717) is 6.04 Å². The fourth-order valence-electron chi connectivity index (χ4n) is 1.25. The Hall–Kier alpha value is -0.0400. The number of hydrogen-bond acceptors (Lipinski definition) is 1. The first-order valence-electron chi connectivity index (χ1n) is 3.04. The molecule has 0 bridgehead atoms. The molecule has 42 valence electrons. The highest BCUT2D eigenvalue weighted by molar-refractivity contribution is 4.73. The minimum atomic E-state index is 0.523. The maximum absolute atomic E-state index is 5.63. The minimum Gasteiger partial charge on any atom is -0.328 e. The van der Waals surface area contributed by atoms with E-state index in [2.05, 4.69) is 6.92 Å². The van der Waals surface area contributed by atoms with Gasteiger partial charge < -0.3 is 5.73 Å². The van der Waals surface area contributed by atoms with Gasteiger partial charge in [0, 0.05) is 6.04 Å². The van der Waals surface area contributed by atoms with Crippen molar-refractivity contribution in [1.29, 1.82) is 0 Å². The molecule has 0 saturated heterocycles. The van der Waals surface area contributed by atoms with Crippen molar-refractivity contribution < 1.29 is 0 Å². The van der Waals surface area contributed by atoms with Gasteiger partial charge in [0.2, 0.25) is 0 Å². The monoisotopic (exact) mass is 99.1 g/mol. The lowest BCUT2D eigenvalue weighted by molar-refractivity contribution is 0.594. The van der Waals surface area contributed by atoms with Crippen LogP contribution in [0, 0.1) is 5.92 Å². The van der Waals surface area contributed by atoms with Crippen molar-refractivity contribution >= 4 is 0 Å². The molecule has 1 rings (SSSR count). The van der Waals surface area contributed by atoms with Crippen molar-refractivity contribution in [2.75, 3.05) is 0 Å². The molecule has 0 aliphatic heterocycles. The van der Waals surface area contributed by atoms with E-state index < -0.39 is 0 Å². The molecule has 1 aliphatic carbocycles. The second-order valence-corrected chi connectivity index (χ2v) is 2.68. The molecule has 0 aromatic rings. The lowest BCUT2D eigenvalue weighted by Crippen LogP contribution is -2.14. The fraction of sp³-hybridized carbons (Fsp3) is 1.00. The minimum absolute atomic E-state index is 0.523. The van der Waals surface area contributed by atoms with E-state index in [1.165, 1.54) is 19.3 Å². The molecular weight excluding hydrogens is 86.1 g/mol. The van der Waals surface area contributed by atoms with Crippen LogP contribution in [0.3, 0.4) is 0 Å². The molecular formula is C6H13N. The molecule has 2 N–H and O–H groups in total. The van der Waals surface area contributed by atoms with Crippen LogP contribution in [0.15, 0.2) is 0 Å². The van der Waals surface area contributed by atoms with Crippen molar-refractivity contribution in [1.82, 2.24) is 0 Å². The zero-order chi connectivity index (χ0) is 5.28. The third-order valence-corrected chi connectivity index (χ3v) is 1.74. The Morgan fingerprint density at radius 1 is 1.43 bits per heavy atom. The highest BCUT2D eigenvalue weighted by Crippen LogP contribution is 2.22. The van der Waals surface area contributed by atoms with E-state index in [1.807, 2.05) is 0 Å². The first-order chi connectivity index (χ1) is 3.29. The van der Waals surface area contributed by atoms with Gasteiger partial charge in [0.05, 0.1) is 0 Å². The van der Waals surface area contributed by atoms with Crippen LogP contribution in [0.1, 0.15) is 26.2 Å². The topological polar surface area (TPSA) is 26.0 Å². The van der Waals surface area contributed by atoms with Gasteiger partial charge in [-0.25, -0.2) is 0 Å². The SMILES string of the molecule is C[C@H]1CC[C@@H](N)C1. The molecule has 0 aromatic heterocycles. The van der Waals surface area contributed by atoms with E-state index in [9.17, 15) is 0 Å². The number of rotatable bonds is 0. The normalized spacial score (nSPS) is 42.0. The molecule has 1 fully saturated rings. The van der Waals surface area contributed by atoms with Crippen LogP contribution in [0.2, 0.25) is 0 Å². The summed E-state index contributed by atoms with van der Waals surface area (Å²) in [6, 6.07) is 0.523. The van der Waals surface area contributed by atoms with Crippen molar-refractivity contribution in [2.45, 2.75) is 32.2 Å². The van der Waals surface area contributed by atoms with Gasteiger partial charge in [0.25, 0.3) is 0 Å². The first-order valence-corrected chi connectivity index (χ1v) is 3.04. The van der Waals surface area contributed by atoms with E-state index >= 15 is 0 Å². The first kappa shape index (κ1) is 5.10. The van der Waals surface area contributed by atoms with Crippen LogP contribution in [-0.2, 0) is 0 Å². The van der Waals surface area contributed by atoms with Crippen LogP contribution in [0.25, 0.3) is 0 Å². The summed E-state index contributed by atoms with van der Waals surface area (Å²) in [6.45, 7) is 2.27. The molecule has 1 nitrogen and oxygen atoms in total. The summed E-state index contributed by atoms with van der Waals surface area (Å²) in [5, 5.41) is 0. The molecule has 0 heterocycles. The Labute approximate surface area is 44.9 Å². The van der Waals surface area contributed by atoms with Crippen LogP contribution in [0.5, 0.6) is 0 Å². The van der Waals surface area contributed by atoms with E-state index in [-0.39, 0.29) is 0 Å². The van der Waals surface area contributed by atoms with E-state index in [1.54, 1.807) is 0 Å². The molecule has 7 heavy (non-hydrogen) atoms. The van der Waals surface area contributed by atoms with Gasteiger partial charge in [0.15, 0.2) is 0 Å².